The molecule has 2 unspecified atom stereocenters. The molecule has 2 atom stereocenters. The first kappa shape index (κ1) is 20.1. The van der Waals surface area contributed by atoms with Crippen LogP contribution in [-0.2, 0) is 14.8 Å². The van der Waals surface area contributed by atoms with Gasteiger partial charge < -0.3 is 10.1 Å². The van der Waals surface area contributed by atoms with Gasteiger partial charge in [0.15, 0.2) is 5.37 Å². The Morgan fingerprint density at radius 2 is 1.96 bits per heavy atom. The van der Waals surface area contributed by atoms with Crippen LogP contribution >= 0.6 is 0 Å². The van der Waals surface area contributed by atoms with E-state index in [9.17, 15) is 17.6 Å². The lowest BCUT2D eigenvalue weighted by molar-refractivity contribution is -0.119. The van der Waals surface area contributed by atoms with E-state index in [1.165, 1.54) is 18.2 Å². The largest absolute Gasteiger partial charge is 0.494 e. The van der Waals surface area contributed by atoms with E-state index in [1.807, 2.05) is 6.92 Å². The molecule has 1 aliphatic heterocycles. The second-order valence-electron chi connectivity index (χ2n) is 6.16. The Bertz CT molecular complexity index is 937. The predicted molar refractivity (Wildman–Crippen MR) is 104 cm³/mol. The molecule has 8 nitrogen and oxygen atoms in total. The van der Waals surface area contributed by atoms with Crippen molar-refractivity contribution in [3.63, 3.8) is 0 Å². The number of hydrogen-bond acceptors (Lipinski definition) is 6. The van der Waals surface area contributed by atoms with Gasteiger partial charge in [-0.1, -0.05) is 6.07 Å². The number of carbonyl (C=O) groups is 1. The van der Waals surface area contributed by atoms with Crippen LogP contribution in [0.5, 0.6) is 5.75 Å². The Kier molecular flexibility index (Phi) is 6.12. The summed E-state index contributed by atoms with van der Waals surface area (Å²) >= 11 is 0. The van der Waals surface area contributed by atoms with E-state index >= 15 is 0 Å². The van der Waals surface area contributed by atoms with E-state index in [-0.39, 0.29) is 12.2 Å². The van der Waals surface area contributed by atoms with Crippen molar-refractivity contribution in [1.82, 2.24) is 10.9 Å². The number of benzene rings is 2. The van der Waals surface area contributed by atoms with Crippen LogP contribution in [0.4, 0.5) is 15.8 Å². The molecule has 1 amide bonds. The van der Waals surface area contributed by atoms with Gasteiger partial charge in [0, 0.05) is 17.9 Å². The minimum Gasteiger partial charge on any atom is -0.494 e. The molecule has 2 aromatic carbocycles. The molecule has 10 heteroatoms. The molecule has 1 saturated heterocycles. The molecule has 0 aromatic heterocycles. The van der Waals surface area contributed by atoms with Gasteiger partial charge in [-0.3, -0.25) is 14.9 Å². The number of hydrazine groups is 1. The minimum absolute atomic E-state index is 0.107. The highest BCUT2D eigenvalue weighted by Gasteiger charge is 2.41. The average Bonchev–Trinajstić information content (AvgIpc) is 3.14. The first-order chi connectivity index (χ1) is 13.4. The van der Waals surface area contributed by atoms with Crippen LogP contribution in [0.25, 0.3) is 0 Å². The molecular formula is C18H21FN4O4S. The predicted octanol–water partition coefficient (Wildman–Crippen LogP) is 1.65. The summed E-state index contributed by atoms with van der Waals surface area (Å²) in [6, 6.07) is 11.8. The van der Waals surface area contributed by atoms with Gasteiger partial charge in [0.05, 0.1) is 12.5 Å². The zero-order valence-electron chi connectivity index (χ0n) is 15.1. The molecule has 3 rings (SSSR count). The summed E-state index contributed by atoms with van der Waals surface area (Å²) in [6.45, 7) is 2.46. The molecular weight excluding hydrogens is 387 g/mol. The number of rotatable bonds is 7. The molecule has 150 valence electrons. The van der Waals surface area contributed by atoms with Gasteiger partial charge in [-0.2, -0.15) is 0 Å². The lowest BCUT2D eigenvalue weighted by Crippen LogP contribution is -2.45. The van der Waals surface area contributed by atoms with Gasteiger partial charge in [0.2, 0.25) is 5.91 Å². The van der Waals surface area contributed by atoms with Crippen molar-refractivity contribution in [3.8, 4) is 5.75 Å². The number of carbonyl (C=O) groups excluding carboxylic acids is 1. The molecule has 1 heterocycles. The molecule has 4 N–H and O–H groups in total. The maximum Gasteiger partial charge on any atom is 0.250 e. The highest BCUT2D eigenvalue weighted by atomic mass is 32.2. The molecule has 0 aliphatic carbocycles. The number of anilines is 2. The summed E-state index contributed by atoms with van der Waals surface area (Å²) in [4.78, 5) is 12.5. The topological polar surface area (TPSA) is 109 Å². The summed E-state index contributed by atoms with van der Waals surface area (Å²) in [5.74, 6) is -1.33. The van der Waals surface area contributed by atoms with Crippen molar-refractivity contribution < 1.29 is 22.3 Å². The van der Waals surface area contributed by atoms with Crippen molar-refractivity contribution in [2.45, 2.75) is 12.3 Å². The molecule has 2 aromatic rings. The highest BCUT2D eigenvalue weighted by Crippen LogP contribution is 2.22. The molecule has 1 aliphatic rings. The van der Waals surface area contributed by atoms with Gasteiger partial charge in [-0.15, -0.1) is 0 Å². The molecule has 0 radical (unpaired) electrons. The Morgan fingerprint density at radius 1 is 1.21 bits per heavy atom. The summed E-state index contributed by atoms with van der Waals surface area (Å²) in [5, 5.41) is 1.34. The Morgan fingerprint density at radius 3 is 2.64 bits per heavy atom. The van der Waals surface area contributed by atoms with Crippen LogP contribution in [0.1, 0.15) is 6.92 Å². The average molecular weight is 408 g/mol. The standard InChI is InChI=1S/C18H21FN4O4S/c1-2-27-15-8-6-13(7-9-15)23-28(25,26)18-16(11-20-22-18)17(24)21-14-5-3-4-12(19)10-14/h3-10,16,18,20,22-23H,2,11H2,1H3,(H,21,24). The first-order valence-corrected chi connectivity index (χ1v) is 10.2. The molecule has 1 fully saturated rings. The van der Waals surface area contributed by atoms with Crippen LogP contribution in [0, 0.1) is 11.7 Å². The van der Waals surface area contributed by atoms with Crippen molar-refractivity contribution in [3.05, 3.63) is 54.3 Å². The van der Waals surface area contributed by atoms with E-state index in [4.69, 9.17) is 4.74 Å². The second-order valence-corrected chi connectivity index (χ2v) is 7.96. The van der Waals surface area contributed by atoms with Crippen molar-refractivity contribution in [2.75, 3.05) is 23.2 Å². The fraction of sp³-hybridized carbons (Fsp3) is 0.278. The Balaban J connectivity index is 1.70. The monoisotopic (exact) mass is 408 g/mol. The van der Waals surface area contributed by atoms with Gasteiger partial charge >= 0.3 is 0 Å². The normalized spacial score (nSPS) is 19.2. The van der Waals surface area contributed by atoms with Crippen molar-refractivity contribution >= 4 is 27.3 Å². The lowest BCUT2D eigenvalue weighted by Gasteiger charge is -2.19. The zero-order chi connectivity index (χ0) is 20.1. The molecule has 28 heavy (non-hydrogen) atoms. The summed E-state index contributed by atoms with van der Waals surface area (Å²) in [7, 11) is -3.93. The van der Waals surface area contributed by atoms with Crippen LogP contribution in [0.15, 0.2) is 48.5 Å². The number of nitrogens with one attached hydrogen (secondary N) is 4. The number of ether oxygens (including phenoxy) is 1. The van der Waals surface area contributed by atoms with Crippen LogP contribution in [0.2, 0.25) is 0 Å². The van der Waals surface area contributed by atoms with Crippen LogP contribution in [0.3, 0.4) is 0 Å². The number of halogens is 1. The van der Waals surface area contributed by atoms with E-state index in [0.717, 1.165) is 6.07 Å². The third-order valence-corrected chi connectivity index (χ3v) is 5.76. The van der Waals surface area contributed by atoms with Gasteiger partial charge in [0.25, 0.3) is 10.0 Å². The van der Waals surface area contributed by atoms with Gasteiger partial charge in [-0.05, 0) is 49.4 Å². The Labute approximate surface area is 162 Å². The number of sulfonamides is 1. The fourth-order valence-corrected chi connectivity index (χ4v) is 4.30. The quantitative estimate of drug-likeness (QED) is 0.555. The van der Waals surface area contributed by atoms with E-state index in [1.54, 1.807) is 24.3 Å². The van der Waals surface area contributed by atoms with Crippen LogP contribution in [-0.4, -0.2) is 32.9 Å². The first-order valence-electron chi connectivity index (χ1n) is 8.68. The third kappa shape index (κ3) is 4.77. The maximum atomic E-state index is 13.3. The Hall–Kier alpha value is -2.69. The molecule has 0 spiro atoms. The SMILES string of the molecule is CCOc1ccc(NS(=O)(=O)C2NNCC2C(=O)Nc2cccc(F)c2)cc1. The number of hydrogen-bond donors (Lipinski definition) is 4. The van der Waals surface area contributed by atoms with E-state index in [0.29, 0.717) is 18.0 Å². The minimum atomic E-state index is -3.93. The summed E-state index contributed by atoms with van der Waals surface area (Å²) in [5.41, 5.74) is 5.92. The highest BCUT2D eigenvalue weighted by molar-refractivity contribution is 7.93. The van der Waals surface area contributed by atoms with E-state index in [2.05, 4.69) is 20.9 Å². The zero-order valence-corrected chi connectivity index (χ0v) is 15.9. The third-order valence-electron chi connectivity index (χ3n) is 4.12. The summed E-state index contributed by atoms with van der Waals surface area (Å²) in [6.07, 6.45) is 0. The summed E-state index contributed by atoms with van der Waals surface area (Å²) < 4.78 is 46.6. The van der Waals surface area contributed by atoms with Crippen molar-refractivity contribution in [1.29, 1.82) is 0 Å². The maximum absolute atomic E-state index is 13.3. The number of amides is 1. The van der Waals surface area contributed by atoms with Gasteiger partial charge in [-0.25, -0.2) is 18.2 Å². The molecule has 0 saturated carbocycles. The molecule has 0 bridgehead atoms. The second kappa shape index (κ2) is 8.55. The van der Waals surface area contributed by atoms with Crippen molar-refractivity contribution in [2.24, 2.45) is 5.92 Å². The van der Waals surface area contributed by atoms with E-state index < -0.39 is 33.0 Å². The van der Waals surface area contributed by atoms with Gasteiger partial charge in [0.1, 0.15) is 11.6 Å². The smallest absolute Gasteiger partial charge is 0.250 e. The fourth-order valence-electron chi connectivity index (χ4n) is 2.82. The lowest BCUT2D eigenvalue weighted by atomic mass is 10.1. The van der Waals surface area contributed by atoms with Crippen LogP contribution < -0.4 is 25.6 Å².